The fourth-order valence-electron chi connectivity index (χ4n) is 7.92. The Balaban J connectivity index is 1.11. The Labute approximate surface area is 188 Å². The predicted octanol–water partition coefficient (Wildman–Crippen LogP) is 1.83. The van der Waals surface area contributed by atoms with Gasteiger partial charge in [-0.3, -0.25) is 19.7 Å². The van der Waals surface area contributed by atoms with E-state index in [-0.39, 0.29) is 29.7 Å². The first kappa shape index (κ1) is 20.4. The molecule has 3 unspecified atom stereocenters. The van der Waals surface area contributed by atoms with Gasteiger partial charge in [-0.25, -0.2) is 0 Å². The van der Waals surface area contributed by atoms with Gasteiger partial charge in [0.25, 0.3) is 5.91 Å². The van der Waals surface area contributed by atoms with E-state index in [1.54, 1.807) is 4.90 Å². The summed E-state index contributed by atoms with van der Waals surface area (Å²) in [6.07, 6.45) is 8.22. The third-order valence-electron chi connectivity index (χ3n) is 8.65. The summed E-state index contributed by atoms with van der Waals surface area (Å²) in [6, 6.07) is 5.50. The average molecular weight is 437 g/mol. The summed E-state index contributed by atoms with van der Waals surface area (Å²) in [4.78, 5) is 38.3. The SMILES string of the molecule is NC12CC3CC(C1)CC(CNCc1ccc4c(c1)C(=O)N(C1CCC(=O)NC1=O)C4)(C3)C2. The Morgan fingerprint density at radius 2 is 1.91 bits per heavy atom. The van der Waals surface area contributed by atoms with Crippen LogP contribution in [-0.2, 0) is 22.7 Å². The third kappa shape index (κ3) is 3.37. The second-order valence-electron chi connectivity index (χ2n) is 11.3. The number of rotatable bonds is 5. The highest BCUT2D eigenvalue weighted by molar-refractivity contribution is 6.05. The molecule has 2 aliphatic heterocycles. The number of imide groups is 1. The molecule has 7 heteroatoms. The lowest BCUT2D eigenvalue weighted by Gasteiger charge is -2.61. The molecular weight excluding hydrogens is 404 g/mol. The lowest BCUT2D eigenvalue weighted by Crippen LogP contribution is -2.62. The highest BCUT2D eigenvalue weighted by Gasteiger charge is 2.55. The van der Waals surface area contributed by atoms with Crippen LogP contribution in [0.15, 0.2) is 18.2 Å². The molecule has 3 atom stereocenters. The van der Waals surface area contributed by atoms with Crippen LogP contribution in [0.5, 0.6) is 0 Å². The molecule has 3 amide bonds. The van der Waals surface area contributed by atoms with Crippen molar-refractivity contribution in [3.8, 4) is 0 Å². The van der Waals surface area contributed by atoms with Gasteiger partial charge in [0.2, 0.25) is 11.8 Å². The largest absolute Gasteiger partial charge is 0.325 e. The average Bonchev–Trinajstić information content (AvgIpc) is 3.02. The zero-order valence-corrected chi connectivity index (χ0v) is 18.5. The van der Waals surface area contributed by atoms with Gasteiger partial charge in [-0.1, -0.05) is 12.1 Å². The number of nitrogens with two attached hydrogens (primary N) is 1. The zero-order valence-electron chi connectivity index (χ0n) is 18.5. The first-order chi connectivity index (χ1) is 15.3. The molecule has 4 aliphatic carbocycles. The summed E-state index contributed by atoms with van der Waals surface area (Å²) >= 11 is 0. The fourth-order valence-corrected chi connectivity index (χ4v) is 7.92. The van der Waals surface area contributed by atoms with Crippen molar-refractivity contribution >= 4 is 17.7 Å². The smallest absolute Gasteiger partial charge is 0.255 e. The van der Waals surface area contributed by atoms with Gasteiger partial charge in [0.15, 0.2) is 0 Å². The molecule has 6 aliphatic rings. The molecule has 0 radical (unpaired) electrons. The van der Waals surface area contributed by atoms with Gasteiger partial charge >= 0.3 is 0 Å². The normalized spacial score (nSPS) is 37.7. The van der Waals surface area contributed by atoms with E-state index < -0.39 is 6.04 Å². The van der Waals surface area contributed by atoms with E-state index in [0.29, 0.717) is 23.9 Å². The minimum Gasteiger partial charge on any atom is -0.325 e. The fraction of sp³-hybridized carbons (Fsp3) is 0.640. The standard InChI is InChI=1S/C25H32N4O3/c26-25-9-16-5-17(10-25)8-24(7-16,13-25)14-27-11-15-1-2-18-12-29(23(32)19(18)6-15)20-3-4-21(30)28-22(20)31/h1-2,6,16-17,20,27H,3-5,7-14,26H2,(H,28,30,31). The molecule has 1 aromatic carbocycles. The highest BCUT2D eigenvalue weighted by atomic mass is 16.2. The monoisotopic (exact) mass is 436 g/mol. The Morgan fingerprint density at radius 1 is 1.12 bits per heavy atom. The van der Waals surface area contributed by atoms with Crippen molar-refractivity contribution in [1.82, 2.24) is 15.5 Å². The maximum Gasteiger partial charge on any atom is 0.255 e. The summed E-state index contributed by atoms with van der Waals surface area (Å²) in [5.41, 5.74) is 9.87. The second kappa shape index (κ2) is 7.12. The maximum absolute atomic E-state index is 13.0. The van der Waals surface area contributed by atoms with Crippen LogP contribution in [0.25, 0.3) is 0 Å². The molecule has 7 rings (SSSR count). The number of nitrogens with one attached hydrogen (secondary N) is 2. The van der Waals surface area contributed by atoms with Gasteiger partial charge in [0, 0.05) is 37.2 Å². The number of hydrogen-bond acceptors (Lipinski definition) is 5. The molecule has 0 spiro atoms. The van der Waals surface area contributed by atoms with Gasteiger partial charge < -0.3 is 16.0 Å². The topological polar surface area (TPSA) is 105 Å². The van der Waals surface area contributed by atoms with Crippen LogP contribution in [-0.4, -0.2) is 40.7 Å². The summed E-state index contributed by atoms with van der Waals surface area (Å²) in [7, 11) is 0. The van der Waals surface area contributed by atoms with Gasteiger partial charge in [-0.15, -0.1) is 0 Å². The van der Waals surface area contributed by atoms with Crippen molar-refractivity contribution < 1.29 is 14.4 Å². The van der Waals surface area contributed by atoms with Crippen LogP contribution in [0.4, 0.5) is 0 Å². The van der Waals surface area contributed by atoms with E-state index in [9.17, 15) is 14.4 Å². The zero-order chi connectivity index (χ0) is 22.1. The number of benzene rings is 1. The van der Waals surface area contributed by atoms with Crippen LogP contribution in [0.2, 0.25) is 0 Å². The Hall–Kier alpha value is -2.25. The van der Waals surface area contributed by atoms with E-state index in [2.05, 4.69) is 16.7 Å². The molecule has 0 aromatic heterocycles. The minimum atomic E-state index is -0.561. The number of fused-ring (bicyclic) bond motifs is 1. The predicted molar refractivity (Wildman–Crippen MR) is 118 cm³/mol. The van der Waals surface area contributed by atoms with E-state index in [0.717, 1.165) is 42.5 Å². The van der Waals surface area contributed by atoms with E-state index in [1.165, 1.54) is 32.1 Å². The van der Waals surface area contributed by atoms with Crippen molar-refractivity contribution in [1.29, 1.82) is 0 Å². The first-order valence-electron chi connectivity index (χ1n) is 12.1. The quantitative estimate of drug-likeness (QED) is 0.611. The van der Waals surface area contributed by atoms with Crippen LogP contribution in [0, 0.1) is 17.3 Å². The van der Waals surface area contributed by atoms with Crippen LogP contribution in [0.1, 0.15) is 72.9 Å². The molecule has 1 aromatic rings. The Morgan fingerprint density at radius 3 is 2.62 bits per heavy atom. The molecule has 32 heavy (non-hydrogen) atoms. The van der Waals surface area contributed by atoms with Crippen molar-refractivity contribution in [2.75, 3.05) is 6.54 Å². The van der Waals surface area contributed by atoms with Crippen molar-refractivity contribution in [3.05, 3.63) is 34.9 Å². The summed E-state index contributed by atoms with van der Waals surface area (Å²) in [5.74, 6) is 0.876. The Bertz CT molecular complexity index is 991. The molecule has 5 fully saturated rings. The summed E-state index contributed by atoms with van der Waals surface area (Å²) < 4.78 is 0. The Kier molecular flexibility index (Phi) is 4.53. The molecule has 170 valence electrons. The molecule has 2 heterocycles. The van der Waals surface area contributed by atoms with E-state index in [1.807, 2.05) is 12.1 Å². The molecule has 7 nitrogen and oxygen atoms in total. The minimum absolute atomic E-state index is 0.0607. The maximum atomic E-state index is 13.0. The second-order valence-corrected chi connectivity index (χ2v) is 11.3. The summed E-state index contributed by atoms with van der Waals surface area (Å²) in [6.45, 7) is 2.15. The lowest BCUT2D eigenvalue weighted by atomic mass is 9.47. The van der Waals surface area contributed by atoms with Gasteiger partial charge in [-0.05, 0) is 79.4 Å². The number of carbonyl (C=O) groups excluding carboxylic acids is 3. The number of nitrogens with zero attached hydrogens (tertiary/aromatic N) is 1. The highest BCUT2D eigenvalue weighted by Crippen LogP contribution is 2.60. The van der Waals surface area contributed by atoms with Crippen LogP contribution < -0.4 is 16.4 Å². The molecule has 4 saturated carbocycles. The summed E-state index contributed by atoms with van der Waals surface area (Å²) in [5, 5.41) is 6.05. The van der Waals surface area contributed by atoms with Crippen molar-refractivity contribution in [2.24, 2.45) is 23.0 Å². The van der Waals surface area contributed by atoms with Gasteiger partial charge in [0.05, 0.1) is 0 Å². The van der Waals surface area contributed by atoms with Gasteiger partial charge in [0.1, 0.15) is 6.04 Å². The van der Waals surface area contributed by atoms with Gasteiger partial charge in [-0.2, -0.15) is 0 Å². The lowest BCUT2D eigenvalue weighted by molar-refractivity contribution is -0.136. The first-order valence-corrected chi connectivity index (χ1v) is 12.1. The molecule has 4 bridgehead atoms. The number of piperidine rings is 1. The van der Waals surface area contributed by atoms with Crippen LogP contribution >= 0.6 is 0 Å². The van der Waals surface area contributed by atoms with Crippen molar-refractivity contribution in [2.45, 2.75) is 76.0 Å². The van der Waals surface area contributed by atoms with E-state index in [4.69, 9.17) is 5.73 Å². The third-order valence-corrected chi connectivity index (χ3v) is 8.65. The van der Waals surface area contributed by atoms with Crippen LogP contribution in [0.3, 0.4) is 0 Å². The molecule has 4 N–H and O–H groups in total. The van der Waals surface area contributed by atoms with E-state index >= 15 is 0 Å². The number of amides is 3. The van der Waals surface area contributed by atoms with Crippen molar-refractivity contribution in [3.63, 3.8) is 0 Å². The molecular formula is C25H32N4O3. The molecule has 1 saturated heterocycles. The number of hydrogen-bond donors (Lipinski definition) is 3. The number of carbonyl (C=O) groups is 3.